The molecular weight excluding hydrogens is 600 g/mol. The molecule has 0 bridgehead atoms. The summed E-state index contributed by atoms with van der Waals surface area (Å²) in [5.41, 5.74) is 3.18. The van der Waals surface area contributed by atoms with Crippen molar-refractivity contribution < 1.29 is 34.1 Å². The monoisotopic (exact) mass is 644 g/mol. The normalized spacial score (nSPS) is 17.6. The number of phenols is 2. The Balaban J connectivity index is 0.00000144. The van der Waals surface area contributed by atoms with Crippen LogP contribution in [0.25, 0.3) is 0 Å². The van der Waals surface area contributed by atoms with Crippen LogP contribution in [0.15, 0.2) is 71.7 Å². The number of carbonyl (C=O) groups is 4. The molecule has 2 N–H and O–H groups in total. The number of nitrogens with zero attached hydrogens (tertiary/aromatic N) is 4. The zero-order valence-electron chi connectivity index (χ0n) is 27.7. The Hall–Kier alpha value is -5.19. The molecule has 0 aromatic heterocycles. The zero-order valence-corrected chi connectivity index (χ0v) is 27.7. The van der Waals surface area contributed by atoms with E-state index in [0.717, 1.165) is 23.1 Å². The summed E-state index contributed by atoms with van der Waals surface area (Å²) >= 11 is 0. The van der Waals surface area contributed by atoms with E-state index in [1.807, 2.05) is 38.7 Å². The predicted octanol–water partition coefficient (Wildman–Crippen LogP) is 5.25. The molecule has 11 nitrogen and oxygen atoms in total. The summed E-state index contributed by atoms with van der Waals surface area (Å²) in [5, 5.41) is 20.1. The first kappa shape index (κ1) is 36.3. The molecule has 0 radical (unpaired) electrons. The van der Waals surface area contributed by atoms with Gasteiger partial charge >= 0.3 is 6.03 Å². The van der Waals surface area contributed by atoms with E-state index in [2.05, 4.69) is 20.8 Å². The fraction of sp³-hybridized carbons (Fsp3) is 0.361. The third-order valence-electron chi connectivity index (χ3n) is 8.13. The molecule has 1 saturated heterocycles. The van der Waals surface area contributed by atoms with Crippen molar-refractivity contribution in [1.29, 1.82) is 0 Å². The molecule has 0 aliphatic carbocycles. The highest BCUT2D eigenvalue weighted by atomic mass is 16.5. The average Bonchev–Trinajstić information content (AvgIpc) is 3.47. The van der Waals surface area contributed by atoms with Crippen LogP contribution in [-0.4, -0.2) is 89.6 Å². The van der Waals surface area contributed by atoms with Crippen molar-refractivity contribution in [2.75, 3.05) is 33.3 Å². The van der Waals surface area contributed by atoms with E-state index in [4.69, 9.17) is 19.3 Å². The summed E-state index contributed by atoms with van der Waals surface area (Å²) in [7, 11) is 1.60. The Morgan fingerprint density at radius 3 is 2.00 bits per heavy atom. The van der Waals surface area contributed by atoms with E-state index in [-0.39, 0.29) is 35.4 Å². The molecule has 3 aromatic rings. The van der Waals surface area contributed by atoms with Gasteiger partial charge in [-0.05, 0) is 64.9 Å². The molecule has 5 rings (SSSR count). The first-order chi connectivity index (χ1) is 22.5. The minimum atomic E-state index is -0.594. The van der Waals surface area contributed by atoms with Crippen molar-refractivity contribution in [3.63, 3.8) is 0 Å². The van der Waals surface area contributed by atoms with Gasteiger partial charge in [0.2, 0.25) is 5.91 Å². The van der Waals surface area contributed by atoms with Crippen LogP contribution in [0.2, 0.25) is 0 Å². The maximum absolute atomic E-state index is 14.6. The molecule has 2 heterocycles. The standard InChI is InChI=1S/C34H40N4O5.2CH2O/c1-6-17-36-18-19-37(21-29(36)41)33(42)38-31(23-9-14-26(40)15-10-23)30(22-7-12-25(39)13-8-22)35-32(38)27-16-11-24(34(2,3)4)20-28(27)43-5;2*1-2/h7-16,20,30-31,39-40H,6,17-19,21H2,1-5H3;2*1H2. The number of amidine groups is 1. The Labute approximate surface area is 276 Å². The lowest BCUT2D eigenvalue weighted by Gasteiger charge is -2.38. The maximum Gasteiger partial charge on any atom is 0.326 e. The first-order valence-corrected chi connectivity index (χ1v) is 15.3. The van der Waals surface area contributed by atoms with Gasteiger partial charge in [-0.15, -0.1) is 0 Å². The minimum absolute atomic E-state index is 0.0190. The van der Waals surface area contributed by atoms with Gasteiger partial charge in [0.1, 0.15) is 49.2 Å². The van der Waals surface area contributed by atoms with E-state index in [1.165, 1.54) is 0 Å². The van der Waals surface area contributed by atoms with E-state index >= 15 is 0 Å². The van der Waals surface area contributed by atoms with Crippen molar-refractivity contribution in [2.45, 2.75) is 51.6 Å². The molecule has 0 saturated carbocycles. The minimum Gasteiger partial charge on any atom is -0.508 e. The fourth-order valence-corrected chi connectivity index (χ4v) is 5.75. The molecule has 3 amide bonds. The number of carbonyl (C=O) groups excluding carboxylic acids is 4. The number of hydrogen-bond donors (Lipinski definition) is 2. The van der Waals surface area contributed by atoms with Crippen LogP contribution in [0.4, 0.5) is 4.79 Å². The number of hydrogen-bond acceptors (Lipinski definition) is 8. The smallest absolute Gasteiger partial charge is 0.326 e. The van der Waals surface area contributed by atoms with Crippen LogP contribution in [0.1, 0.15) is 68.5 Å². The largest absolute Gasteiger partial charge is 0.508 e. The SMILES string of the molecule is C=O.C=O.CCCN1CCN(C(=O)N2C(c3ccc(C(C)(C)C)cc3OC)=NC(c3ccc(O)cc3)C2c2ccc(O)cc2)CC1=O. The lowest BCUT2D eigenvalue weighted by Crippen LogP contribution is -2.56. The number of aliphatic imine (C=N–C) groups is 1. The number of aromatic hydroxyl groups is 2. The highest BCUT2D eigenvalue weighted by Gasteiger charge is 2.45. The Kier molecular flexibility index (Phi) is 12.3. The van der Waals surface area contributed by atoms with Gasteiger partial charge in [-0.1, -0.05) is 58.0 Å². The molecule has 47 heavy (non-hydrogen) atoms. The van der Waals surface area contributed by atoms with Crippen LogP contribution in [0, 0.1) is 0 Å². The van der Waals surface area contributed by atoms with Crippen molar-refractivity contribution in [3.8, 4) is 17.2 Å². The van der Waals surface area contributed by atoms with Crippen LogP contribution < -0.4 is 4.74 Å². The Morgan fingerprint density at radius 1 is 0.915 bits per heavy atom. The number of phenolic OH excluding ortho intramolecular Hbond substituents is 2. The number of amides is 3. The van der Waals surface area contributed by atoms with Crippen LogP contribution in [0.3, 0.4) is 0 Å². The Morgan fingerprint density at radius 2 is 1.49 bits per heavy atom. The molecule has 2 atom stereocenters. The summed E-state index contributed by atoms with van der Waals surface area (Å²) in [6, 6.07) is 18.1. The third-order valence-corrected chi connectivity index (χ3v) is 8.13. The van der Waals surface area contributed by atoms with Crippen molar-refractivity contribution in [3.05, 3.63) is 89.0 Å². The number of ether oxygens (including phenoxy) is 1. The summed E-state index contributed by atoms with van der Waals surface area (Å²) < 4.78 is 5.88. The van der Waals surface area contributed by atoms with Gasteiger partial charge in [0.25, 0.3) is 0 Å². The van der Waals surface area contributed by atoms with Crippen molar-refractivity contribution in [1.82, 2.24) is 14.7 Å². The predicted molar refractivity (Wildman–Crippen MR) is 180 cm³/mol. The molecule has 11 heteroatoms. The van der Waals surface area contributed by atoms with Gasteiger partial charge in [-0.3, -0.25) is 14.7 Å². The van der Waals surface area contributed by atoms with Gasteiger partial charge in [-0.25, -0.2) is 4.79 Å². The maximum atomic E-state index is 14.6. The van der Waals surface area contributed by atoms with Gasteiger partial charge in [0, 0.05) is 19.6 Å². The van der Waals surface area contributed by atoms with Gasteiger partial charge in [0.15, 0.2) is 0 Å². The fourth-order valence-electron chi connectivity index (χ4n) is 5.75. The van der Waals surface area contributed by atoms with E-state index in [0.29, 0.717) is 36.8 Å². The van der Waals surface area contributed by atoms with Crippen LogP contribution >= 0.6 is 0 Å². The quantitative estimate of drug-likeness (QED) is 0.373. The van der Waals surface area contributed by atoms with Crippen molar-refractivity contribution in [2.24, 2.45) is 4.99 Å². The second-order valence-corrected chi connectivity index (χ2v) is 12.1. The van der Waals surface area contributed by atoms with Crippen molar-refractivity contribution >= 4 is 31.4 Å². The van der Waals surface area contributed by atoms with Gasteiger partial charge in [-0.2, -0.15) is 0 Å². The summed E-state index contributed by atoms with van der Waals surface area (Å²) in [6.45, 7) is 13.9. The third kappa shape index (κ3) is 7.97. The zero-order chi connectivity index (χ0) is 34.9. The molecule has 0 spiro atoms. The highest BCUT2D eigenvalue weighted by molar-refractivity contribution is 6.11. The molecule has 2 aliphatic heterocycles. The van der Waals surface area contributed by atoms with E-state index in [9.17, 15) is 19.8 Å². The van der Waals surface area contributed by atoms with E-state index in [1.54, 1.807) is 70.3 Å². The van der Waals surface area contributed by atoms with Crippen LogP contribution in [0.5, 0.6) is 17.2 Å². The second kappa shape index (κ2) is 15.9. The molecule has 2 aliphatic rings. The summed E-state index contributed by atoms with van der Waals surface area (Å²) in [5.74, 6) is 1.18. The number of benzene rings is 3. The van der Waals surface area contributed by atoms with E-state index < -0.39 is 12.1 Å². The number of methoxy groups -OCH3 is 1. The highest BCUT2D eigenvalue weighted by Crippen LogP contribution is 2.46. The summed E-state index contributed by atoms with van der Waals surface area (Å²) in [4.78, 5) is 53.8. The molecule has 3 aromatic carbocycles. The number of rotatable bonds is 6. The molecular formula is C36H44N4O7. The molecule has 250 valence electrons. The average molecular weight is 645 g/mol. The number of urea groups is 1. The van der Waals surface area contributed by atoms with Gasteiger partial charge < -0.3 is 34.3 Å². The Bertz CT molecular complexity index is 1550. The number of piperazine rings is 1. The lowest BCUT2D eigenvalue weighted by atomic mass is 9.86. The summed E-state index contributed by atoms with van der Waals surface area (Å²) in [6.07, 6.45) is 0.851. The lowest BCUT2D eigenvalue weighted by molar-refractivity contribution is -0.135. The molecule has 2 unspecified atom stereocenters. The topological polar surface area (TPSA) is 140 Å². The first-order valence-electron chi connectivity index (χ1n) is 15.3. The van der Waals surface area contributed by atoms with Crippen LogP contribution in [-0.2, 0) is 19.8 Å². The van der Waals surface area contributed by atoms with Gasteiger partial charge in [0.05, 0.1) is 18.7 Å². The molecule has 1 fully saturated rings. The second-order valence-electron chi connectivity index (χ2n) is 12.1.